The summed E-state index contributed by atoms with van der Waals surface area (Å²) in [6, 6.07) is 9.41. The third-order valence-electron chi connectivity index (χ3n) is 5.46. The molecule has 12 heteroatoms. The second-order valence-corrected chi connectivity index (χ2v) is 8.57. The number of rotatable bonds is 9. The maximum Gasteiger partial charge on any atom is 0.253 e. The zero-order chi connectivity index (χ0) is 26.7. The smallest absolute Gasteiger partial charge is 0.253 e. The second-order valence-electron chi connectivity index (χ2n) is 8.57. The number of carbonyl (C=O) groups is 2. The molecule has 0 saturated heterocycles. The maximum absolute atomic E-state index is 14.3. The summed E-state index contributed by atoms with van der Waals surface area (Å²) in [5.74, 6) is -0.821. The molecule has 0 spiro atoms. The van der Waals surface area contributed by atoms with Crippen LogP contribution in [0.5, 0.6) is 5.75 Å². The zero-order valence-corrected chi connectivity index (χ0v) is 20.8. The van der Waals surface area contributed by atoms with Crippen molar-refractivity contribution < 1.29 is 18.7 Å². The highest BCUT2D eigenvalue weighted by Crippen LogP contribution is 2.34. The number of aromatic nitrogens is 3. The first-order chi connectivity index (χ1) is 17.7. The van der Waals surface area contributed by atoms with Crippen LogP contribution in [0.3, 0.4) is 0 Å². The molecule has 2 heterocycles. The van der Waals surface area contributed by atoms with Crippen LogP contribution in [0.25, 0.3) is 11.0 Å². The predicted molar refractivity (Wildman–Crippen MR) is 140 cm³/mol. The highest BCUT2D eigenvalue weighted by molar-refractivity contribution is 6.01. The minimum atomic E-state index is -0.911. The normalized spacial score (nSPS) is 11.0. The standard InChI is InChI=1S/C25H27FN8O3/c1-13-10-19(37-4)18(11-17(13)29-20(35)12-34(2)3)31-25-32-23-14(8-9-28-23)24(33-25)30-16-7-5-6-15(26)21(16)22(27)36/h5-11H,12H2,1-4H3,(H2,27,36)(H,29,35)(H3,28,30,31,32,33). The number of methoxy groups -OCH3 is 1. The zero-order valence-electron chi connectivity index (χ0n) is 20.8. The molecular formula is C25H27FN8O3. The number of likely N-dealkylation sites (N-methyl/N-ethyl adjacent to an activating group) is 1. The molecule has 0 aliphatic rings. The van der Waals surface area contributed by atoms with E-state index in [2.05, 4.69) is 30.9 Å². The number of carbonyl (C=O) groups excluding carboxylic acids is 2. The van der Waals surface area contributed by atoms with Crippen LogP contribution < -0.4 is 26.4 Å². The molecule has 4 rings (SSSR count). The molecule has 0 atom stereocenters. The number of hydrogen-bond donors (Lipinski definition) is 5. The predicted octanol–water partition coefficient (Wildman–Crippen LogP) is 3.50. The topological polar surface area (TPSA) is 150 Å². The van der Waals surface area contributed by atoms with E-state index in [1.165, 1.54) is 19.2 Å². The summed E-state index contributed by atoms with van der Waals surface area (Å²) >= 11 is 0. The van der Waals surface area contributed by atoms with Crippen molar-refractivity contribution in [2.75, 3.05) is 43.7 Å². The molecule has 0 unspecified atom stereocenters. The van der Waals surface area contributed by atoms with Crippen LogP contribution in [-0.4, -0.2) is 59.4 Å². The van der Waals surface area contributed by atoms with Crippen molar-refractivity contribution in [3.63, 3.8) is 0 Å². The molecule has 0 aliphatic heterocycles. The number of ether oxygens (including phenoxy) is 1. The van der Waals surface area contributed by atoms with Crippen LogP contribution in [0.1, 0.15) is 15.9 Å². The van der Waals surface area contributed by atoms with Gasteiger partial charge in [0.05, 0.1) is 36.0 Å². The molecule has 11 nitrogen and oxygen atoms in total. The third kappa shape index (κ3) is 5.59. The van der Waals surface area contributed by atoms with Gasteiger partial charge in [-0.15, -0.1) is 0 Å². The fourth-order valence-corrected chi connectivity index (χ4v) is 3.78. The average Bonchev–Trinajstić information content (AvgIpc) is 3.29. The number of amides is 2. The second kappa shape index (κ2) is 10.5. The molecule has 37 heavy (non-hydrogen) atoms. The average molecular weight is 507 g/mol. The largest absolute Gasteiger partial charge is 0.495 e. The van der Waals surface area contributed by atoms with Crippen molar-refractivity contribution in [1.29, 1.82) is 0 Å². The summed E-state index contributed by atoms with van der Waals surface area (Å²) in [7, 11) is 5.15. The number of H-pyrrole nitrogens is 1. The Morgan fingerprint density at radius 1 is 1.11 bits per heavy atom. The van der Waals surface area contributed by atoms with Gasteiger partial charge in [-0.1, -0.05) is 6.07 Å². The Bertz CT molecular complexity index is 1480. The number of nitrogens with two attached hydrogens (primary N) is 1. The molecule has 0 saturated carbocycles. The van der Waals surface area contributed by atoms with Gasteiger partial charge in [-0.05, 0) is 56.9 Å². The van der Waals surface area contributed by atoms with Gasteiger partial charge >= 0.3 is 0 Å². The van der Waals surface area contributed by atoms with Crippen molar-refractivity contribution in [3.8, 4) is 5.75 Å². The number of nitrogens with one attached hydrogen (secondary N) is 4. The molecule has 192 valence electrons. The molecule has 4 aromatic rings. The van der Waals surface area contributed by atoms with E-state index in [1.54, 1.807) is 29.3 Å². The van der Waals surface area contributed by atoms with Gasteiger partial charge in [-0.3, -0.25) is 9.59 Å². The summed E-state index contributed by atoms with van der Waals surface area (Å²) in [5, 5.41) is 9.63. The van der Waals surface area contributed by atoms with Crippen molar-refractivity contribution >= 4 is 51.7 Å². The van der Waals surface area contributed by atoms with Crippen LogP contribution in [-0.2, 0) is 4.79 Å². The van der Waals surface area contributed by atoms with E-state index in [0.717, 1.165) is 11.6 Å². The molecule has 2 aromatic carbocycles. The molecular weight excluding hydrogens is 479 g/mol. The SMILES string of the molecule is COc1cc(C)c(NC(=O)CN(C)C)cc1Nc1nc(Nc2cccc(F)c2C(N)=O)c2cc[nH]c2n1. The van der Waals surface area contributed by atoms with Crippen molar-refractivity contribution in [2.45, 2.75) is 6.92 Å². The monoisotopic (exact) mass is 506 g/mol. The Balaban J connectivity index is 1.72. The number of nitrogens with zero attached hydrogens (tertiary/aromatic N) is 3. The number of benzene rings is 2. The minimum absolute atomic E-state index is 0.165. The molecule has 0 fully saturated rings. The number of anilines is 5. The quantitative estimate of drug-likeness (QED) is 0.231. The Hall–Kier alpha value is -4.71. The van der Waals surface area contributed by atoms with E-state index in [1.807, 2.05) is 21.0 Å². The number of fused-ring (bicyclic) bond motifs is 1. The first-order valence-electron chi connectivity index (χ1n) is 11.3. The van der Waals surface area contributed by atoms with E-state index in [4.69, 9.17) is 10.5 Å². The summed E-state index contributed by atoms with van der Waals surface area (Å²) in [4.78, 5) is 38.0. The maximum atomic E-state index is 14.3. The van der Waals surface area contributed by atoms with Crippen molar-refractivity contribution in [3.05, 3.63) is 59.5 Å². The lowest BCUT2D eigenvalue weighted by Gasteiger charge is -2.17. The highest BCUT2D eigenvalue weighted by atomic mass is 19.1. The summed E-state index contributed by atoms with van der Waals surface area (Å²) in [6.07, 6.45) is 1.68. The van der Waals surface area contributed by atoms with Crippen LogP contribution >= 0.6 is 0 Å². The van der Waals surface area contributed by atoms with Gasteiger partial charge in [0.2, 0.25) is 11.9 Å². The number of primary amides is 1. The number of aryl methyl sites for hydroxylation is 1. The molecule has 6 N–H and O–H groups in total. The molecule has 2 aromatic heterocycles. The number of halogens is 1. The van der Waals surface area contributed by atoms with Gasteiger partial charge < -0.3 is 36.3 Å². The minimum Gasteiger partial charge on any atom is -0.495 e. The first kappa shape index (κ1) is 25.4. The van der Waals surface area contributed by atoms with E-state index in [0.29, 0.717) is 34.0 Å². The third-order valence-corrected chi connectivity index (χ3v) is 5.46. The van der Waals surface area contributed by atoms with E-state index in [9.17, 15) is 14.0 Å². The highest BCUT2D eigenvalue weighted by Gasteiger charge is 2.18. The van der Waals surface area contributed by atoms with E-state index >= 15 is 0 Å². The van der Waals surface area contributed by atoms with Crippen molar-refractivity contribution in [1.82, 2.24) is 19.9 Å². The summed E-state index contributed by atoms with van der Waals surface area (Å²) in [6.45, 7) is 2.08. The number of hydrogen-bond acceptors (Lipinski definition) is 8. The van der Waals surface area contributed by atoms with E-state index < -0.39 is 11.7 Å². The Morgan fingerprint density at radius 2 is 1.89 bits per heavy atom. The molecule has 0 bridgehead atoms. The van der Waals surface area contributed by atoms with Crippen molar-refractivity contribution in [2.24, 2.45) is 5.73 Å². The van der Waals surface area contributed by atoms with Crippen LogP contribution in [0, 0.1) is 12.7 Å². The van der Waals surface area contributed by atoms with Crippen LogP contribution in [0.4, 0.5) is 33.2 Å². The Morgan fingerprint density at radius 3 is 2.59 bits per heavy atom. The lowest BCUT2D eigenvalue weighted by molar-refractivity contribution is -0.116. The van der Waals surface area contributed by atoms with Crippen LogP contribution in [0.2, 0.25) is 0 Å². The summed E-state index contributed by atoms with van der Waals surface area (Å²) < 4.78 is 19.8. The molecule has 0 aliphatic carbocycles. The molecule has 2 amide bonds. The fraction of sp³-hybridized carbons (Fsp3) is 0.200. The lowest BCUT2D eigenvalue weighted by Crippen LogP contribution is -2.27. The van der Waals surface area contributed by atoms with Gasteiger partial charge in [0.15, 0.2) is 0 Å². The van der Waals surface area contributed by atoms with Crippen LogP contribution in [0.15, 0.2) is 42.6 Å². The van der Waals surface area contributed by atoms with Gasteiger partial charge in [0.1, 0.15) is 23.0 Å². The van der Waals surface area contributed by atoms with Gasteiger partial charge in [-0.2, -0.15) is 9.97 Å². The van der Waals surface area contributed by atoms with Gasteiger partial charge in [-0.25, -0.2) is 4.39 Å². The molecule has 0 radical (unpaired) electrons. The fourth-order valence-electron chi connectivity index (χ4n) is 3.78. The Kier molecular flexibility index (Phi) is 7.20. The first-order valence-corrected chi connectivity index (χ1v) is 11.3. The Labute approximate surface area is 212 Å². The summed E-state index contributed by atoms with van der Waals surface area (Å²) in [5.41, 5.74) is 7.68. The van der Waals surface area contributed by atoms with E-state index in [-0.39, 0.29) is 29.7 Å². The van der Waals surface area contributed by atoms with Gasteiger partial charge in [0, 0.05) is 11.9 Å². The lowest BCUT2D eigenvalue weighted by atomic mass is 10.1. The number of aromatic amines is 1. The van der Waals surface area contributed by atoms with Gasteiger partial charge in [0.25, 0.3) is 5.91 Å².